The third-order valence-corrected chi connectivity index (χ3v) is 4.76. The van der Waals surface area contributed by atoms with Crippen LogP contribution in [-0.4, -0.2) is 5.54 Å². The molecule has 0 spiro atoms. The zero-order chi connectivity index (χ0) is 13.3. The highest BCUT2D eigenvalue weighted by atomic mass is 79.9. The van der Waals surface area contributed by atoms with Gasteiger partial charge in [0, 0.05) is 26.3 Å². The molecule has 1 rings (SSSR count). The minimum absolute atomic E-state index is 0.183. The average Bonchev–Trinajstić information content (AvgIpc) is 2.39. The second-order valence-corrected chi connectivity index (χ2v) is 8.79. The third kappa shape index (κ3) is 5.54. The van der Waals surface area contributed by atoms with E-state index in [0.717, 1.165) is 6.54 Å². The molecule has 1 nitrogen and oxygen atoms in total. The molecule has 3 heteroatoms. The fourth-order valence-corrected chi connectivity index (χ4v) is 3.86. The Morgan fingerprint density at radius 1 is 1.24 bits per heavy atom. The summed E-state index contributed by atoms with van der Waals surface area (Å²) in [4.78, 5) is 2.76. The van der Waals surface area contributed by atoms with E-state index in [4.69, 9.17) is 0 Å². The largest absolute Gasteiger partial charge is 0.307 e. The van der Waals surface area contributed by atoms with Crippen LogP contribution in [0.3, 0.4) is 0 Å². The van der Waals surface area contributed by atoms with Crippen LogP contribution in [0.15, 0.2) is 10.5 Å². The van der Waals surface area contributed by atoms with Gasteiger partial charge in [-0.1, -0.05) is 20.8 Å². The number of nitrogens with one attached hydrogen (secondary N) is 1. The molecule has 0 aliphatic rings. The maximum atomic E-state index is 3.66. The molecule has 1 aromatic rings. The van der Waals surface area contributed by atoms with Crippen LogP contribution >= 0.6 is 27.3 Å². The summed E-state index contributed by atoms with van der Waals surface area (Å²) in [6, 6.07) is 2.22. The maximum absolute atomic E-state index is 3.66. The van der Waals surface area contributed by atoms with Crippen LogP contribution in [0.5, 0.6) is 0 Å². The molecule has 1 heterocycles. The highest BCUT2D eigenvalue weighted by Gasteiger charge is 2.24. The van der Waals surface area contributed by atoms with Crippen molar-refractivity contribution in [3.63, 3.8) is 0 Å². The van der Waals surface area contributed by atoms with Gasteiger partial charge in [-0.15, -0.1) is 11.3 Å². The van der Waals surface area contributed by atoms with E-state index in [0.29, 0.717) is 5.41 Å². The smallest absolute Gasteiger partial charge is 0.0314 e. The van der Waals surface area contributed by atoms with Gasteiger partial charge in [-0.3, -0.25) is 0 Å². The summed E-state index contributed by atoms with van der Waals surface area (Å²) in [6.07, 6.45) is 1.17. The summed E-state index contributed by atoms with van der Waals surface area (Å²) in [5, 5.41) is 3.66. The van der Waals surface area contributed by atoms with Gasteiger partial charge < -0.3 is 5.32 Å². The first kappa shape index (κ1) is 15.2. The van der Waals surface area contributed by atoms with Crippen LogP contribution in [0, 0.1) is 12.3 Å². The van der Waals surface area contributed by atoms with Gasteiger partial charge in [0.2, 0.25) is 0 Å². The van der Waals surface area contributed by atoms with Crippen LogP contribution in [0.25, 0.3) is 0 Å². The van der Waals surface area contributed by atoms with Crippen molar-refractivity contribution in [1.82, 2.24) is 5.32 Å². The number of hydrogen-bond donors (Lipinski definition) is 1. The first-order chi connectivity index (χ1) is 7.59. The minimum atomic E-state index is 0.183. The molecule has 1 aromatic heterocycles. The van der Waals surface area contributed by atoms with Gasteiger partial charge in [-0.2, -0.15) is 0 Å². The predicted octanol–water partition coefficient (Wildman–Crippen LogP) is 5.12. The average molecular weight is 318 g/mol. The topological polar surface area (TPSA) is 12.0 Å². The Hall–Kier alpha value is 0.140. The van der Waals surface area contributed by atoms with Gasteiger partial charge in [-0.05, 0) is 54.6 Å². The van der Waals surface area contributed by atoms with Gasteiger partial charge in [0.05, 0.1) is 0 Å². The standard InChI is InChI=1S/C14H24BrNS/c1-10-12(15)7-11(17-10)8-16-14(5,6)9-13(2,3)4/h7,16H,8-9H2,1-6H3. The van der Waals surface area contributed by atoms with E-state index in [1.165, 1.54) is 20.6 Å². The second kappa shape index (κ2) is 5.41. The molecular formula is C14H24BrNS. The van der Waals surface area contributed by atoms with Gasteiger partial charge in [0.15, 0.2) is 0 Å². The van der Waals surface area contributed by atoms with Crippen LogP contribution in [0.4, 0.5) is 0 Å². The Morgan fingerprint density at radius 2 is 1.82 bits per heavy atom. The van der Waals surface area contributed by atoms with Gasteiger partial charge in [0.25, 0.3) is 0 Å². The van der Waals surface area contributed by atoms with Crippen molar-refractivity contribution >= 4 is 27.3 Å². The van der Waals surface area contributed by atoms with Gasteiger partial charge >= 0.3 is 0 Å². The van der Waals surface area contributed by atoms with Crippen molar-refractivity contribution in [2.45, 2.75) is 60.0 Å². The molecule has 0 radical (unpaired) electrons. The molecule has 0 aromatic carbocycles. The Labute approximate surface area is 118 Å². The van der Waals surface area contributed by atoms with Gasteiger partial charge in [-0.25, -0.2) is 0 Å². The van der Waals surface area contributed by atoms with Crippen LogP contribution in [-0.2, 0) is 6.54 Å². The predicted molar refractivity (Wildman–Crippen MR) is 81.7 cm³/mol. The summed E-state index contributed by atoms with van der Waals surface area (Å²) >= 11 is 5.43. The fraction of sp³-hybridized carbons (Fsp3) is 0.714. The van der Waals surface area contributed by atoms with Crippen molar-refractivity contribution < 1.29 is 0 Å². The zero-order valence-corrected chi connectivity index (χ0v) is 14.2. The van der Waals surface area contributed by atoms with E-state index in [-0.39, 0.29) is 5.54 Å². The molecule has 0 amide bonds. The monoisotopic (exact) mass is 317 g/mol. The molecule has 0 saturated heterocycles. The molecule has 0 aliphatic carbocycles. The highest BCUT2D eigenvalue weighted by Crippen LogP contribution is 2.29. The normalized spacial score (nSPS) is 13.1. The Balaban J connectivity index is 2.55. The van der Waals surface area contributed by atoms with Crippen LogP contribution in [0.1, 0.15) is 50.8 Å². The molecule has 1 N–H and O–H groups in total. The van der Waals surface area contributed by atoms with Crippen molar-refractivity contribution in [2.75, 3.05) is 0 Å². The Morgan fingerprint density at radius 3 is 2.24 bits per heavy atom. The maximum Gasteiger partial charge on any atom is 0.0314 e. The first-order valence-electron chi connectivity index (χ1n) is 6.09. The second-order valence-electron chi connectivity index (χ2n) is 6.59. The molecular weight excluding hydrogens is 294 g/mol. The quantitative estimate of drug-likeness (QED) is 0.812. The highest BCUT2D eigenvalue weighted by molar-refractivity contribution is 9.10. The number of rotatable bonds is 4. The molecule has 17 heavy (non-hydrogen) atoms. The van der Waals surface area contributed by atoms with E-state index < -0.39 is 0 Å². The van der Waals surface area contributed by atoms with Crippen molar-refractivity contribution in [3.8, 4) is 0 Å². The number of aryl methyl sites for hydroxylation is 1. The molecule has 0 saturated carbocycles. The number of thiophene rings is 1. The summed E-state index contributed by atoms with van der Waals surface area (Å²) in [5.41, 5.74) is 0.547. The summed E-state index contributed by atoms with van der Waals surface area (Å²) in [7, 11) is 0. The summed E-state index contributed by atoms with van der Waals surface area (Å²) in [6.45, 7) is 14.6. The molecule has 0 fully saturated rings. The van der Waals surface area contributed by atoms with E-state index in [2.05, 4.69) is 68.9 Å². The van der Waals surface area contributed by atoms with E-state index >= 15 is 0 Å². The lowest BCUT2D eigenvalue weighted by molar-refractivity contribution is 0.241. The van der Waals surface area contributed by atoms with Gasteiger partial charge in [0.1, 0.15) is 0 Å². The molecule has 0 bridgehead atoms. The SMILES string of the molecule is Cc1sc(CNC(C)(C)CC(C)(C)C)cc1Br. The summed E-state index contributed by atoms with van der Waals surface area (Å²) < 4.78 is 1.23. The molecule has 98 valence electrons. The summed E-state index contributed by atoms with van der Waals surface area (Å²) in [5.74, 6) is 0. The van der Waals surface area contributed by atoms with Crippen LogP contribution < -0.4 is 5.32 Å². The van der Waals surface area contributed by atoms with E-state index in [1.54, 1.807) is 0 Å². The fourth-order valence-electron chi connectivity index (χ4n) is 2.32. The minimum Gasteiger partial charge on any atom is -0.307 e. The van der Waals surface area contributed by atoms with Crippen molar-refractivity contribution in [3.05, 3.63) is 20.3 Å². The van der Waals surface area contributed by atoms with E-state index in [9.17, 15) is 0 Å². The first-order valence-corrected chi connectivity index (χ1v) is 7.70. The van der Waals surface area contributed by atoms with Crippen molar-refractivity contribution in [2.24, 2.45) is 5.41 Å². The number of halogens is 1. The molecule has 0 atom stereocenters. The lowest BCUT2D eigenvalue weighted by atomic mass is 9.82. The van der Waals surface area contributed by atoms with E-state index in [1.807, 2.05) is 11.3 Å². The lowest BCUT2D eigenvalue weighted by Gasteiger charge is -2.33. The molecule has 0 aliphatic heterocycles. The lowest BCUT2D eigenvalue weighted by Crippen LogP contribution is -2.41. The van der Waals surface area contributed by atoms with Crippen LogP contribution in [0.2, 0.25) is 0 Å². The molecule has 0 unspecified atom stereocenters. The number of hydrogen-bond acceptors (Lipinski definition) is 2. The Kier molecular flexibility index (Phi) is 4.84. The van der Waals surface area contributed by atoms with Crippen molar-refractivity contribution in [1.29, 1.82) is 0 Å². The Bertz CT molecular complexity index is 355. The third-order valence-electron chi connectivity index (χ3n) is 2.62. The zero-order valence-electron chi connectivity index (χ0n) is 11.8.